The summed E-state index contributed by atoms with van der Waals surface area (Å²) in [5.41, 5.74) is 1.66. The number of nitrogens with zero attached hydrogens (tertiary/aromatic N) is 5. The molecule has 2 aromatic carbocycles. The van der Waals surface area contributed by atoms with Gasteiger partial charge in [0.1, 0.15) is 5.76 Å². The van der Waals surface area contributed by atoms with Crippen LogP contribution in [0.1, 0.15) is 16.2 Å². The maximum absolute atomic E-state index is 12.9. The zero-order chi connectivity index (χ0) is 20.4. The molecule has 0 aliphatic carbocycles. The van der Waals surface area contributed by atoms with Crippen LogP contribution in [0.4, 0.5) is 5.69 Å². The molecule has 0 aliphatic heterocycles. The van der Waals surface area contributed by atoms with E-state index >= 15 is 0 Å². The van der Waals surface area contributed by atoms with Crippen LogP contribution in [-0.2, 0) is 7.05 Å². The summed E-state index contributed by atoms with van der Waals surface area (Å²) < 4.78 is 8.09. The predicted molar refractivity (Wildman–Crippen MR) is 112 cm³/mol. The Morgan fingerprint density at radius 2 is 2.00 bits per heavy atom. The lowest BCUT2D eigenvalue weighted by molar-refractivity contribution is 0.102. The summed E-state index contributed by atoms with van der Waals surface area (Å²) >= 11 is 4.79. The summed E-state index contributed by atoms with van der Waals surface area (Å²) in [7, 11) is 1.75. The summed E-state index contributed by atoms with van der Waals surface area (Å²) in [5, 5.41) is 15.0. The van der Waals surface area contributed by atoms with Gasteiger partial charge in [-0.3, -0.25) is 4.79 Å². The molecule has 2 aromatic heterocycles. The third-order valence-electron chi connectivity index (χ3n) is 4.00. The third-order valence-corrected chi connectivity index (χ3v) is 5.60. The van der Waals surface area contributed by atoms with E-state index in [2.05, 4.69) is 41.8 Å². The summed E-state index contributed by atoms with van der Waals surface area (Å²) in [5.74, 6) is 0.495. The molecule has 4 aromatic rings. The van der Waals surface area contributed by atoms with Gasteiger partial charge in [0.15, 0.2) is 5.69 Å². The number of aryl methyl sites for hydroxylation is 2. The highest BCUT2D eigenvalue weighted by molar-refractivity contribution is 9.10. The minimum atomic E-state index is -0.357. The summed E-state index contributed by atoms with van der Waals surface area (Å²) in [4.78, 5) is 18.1. The molecular formula is C19H15BrN6O2S. The monoisotopic (exact) mass is 470 g/mol. The van der Waals surface area contributed by atoms with Crippen LogP contribution in [0.3, 0.4) is 0 Å². The topological polar surface area (TPSA) is 98.7 Å². The van der Waals surface area contributed by atoms with E-state index in [0.717, 1.165) is 14.9 Å². The highest BCUT2D eigenvalue weighted by atomic mass is 79.9. The Morgan fingerprint density at radius 1 is 1.21 bits per heavy atom. The molecule has 0 saturated carbocycles. The molecule has 29 heavy (non-hydrogen) atoms. The van der Waals surface area contributed by atoms with E-state index in [-0.39, 0.29) is 11.6 Å². The van der Waals surface area contributed by atoms with Crippen molar-refractivity contribution in [2.45, 2.75) is 17.0 Å². The van der Waals surface area contributed by atoms with E-state index in [4.69, 9.17) is 4.42 Å². The Hall–Kier alpha value is -2.98. The molecule has 0 fully saturated rings. The molecular weight excluding hydrogens is 456 g/mol. The smallest absolute Gasteiger partial charge is 0.277 e. The highest BCUT2D eigenvalue weighted by Gasteiger charge is 2.20. The first-order valence-electron chi connectivity index (χ1n) is 8.55. The number of halogens is 1. The van der Waals surface area contributed by atoms with Gasteiger partial charge in [-0.05, 0) is 59.4 Å². The predicted octanol–water partition coefficient (Wildman–Crippen LogP) is 4.34. The summed E-state index contributed by atoms with van der Waals surface area (Å²) in [6.07, 6.45) is 0. The van der Waals surface area contributed by atoms with E-state index in [9.17, 15) is 4.79 Å². The first-order valence-corrected chi connectivity index (χ1v) is 10.2. The number of hydrogen-bond acceptors (Lipinski definition) is 7. The minimum Gasteiger partial charge on any atom is -0.441 e. The van der Waals surface area contributed by atoms with Gasteiger partial charge in [0.25, 0.3) is 5.91 Å². The highest BCUT2D eigenvalue weighted by Crippen LogP contribution is 2.34. The molecule has 0 radical (unpaired) electrons. The average molecular weight is 471 g/mol. The molecule has 146 valence electrons. The molecule has 0 atom stereocenters. The van der Waals surface area contributed by atoms with Crippen LogP contribution in [0.5, 0.6) is 0 Å². The van der Waals surface area contributed by atoms with E-state index in [1.165, 1.54) is 11.8 Å². The third kappa shape index (κ3) is 4.22. The van der Waals surface area contributed by atoms with E-state index in [1.54, 1.807) is 18.7 Å². The normalized spacial score (nSPS) is 10.9. The Labute approximate surface area is 178 Å². The number of benzene rings is 2. The van der Waals surface area contributed by atoms with Gasteiger partial charge in [0.2, 0.25) is 11.0 Å². The van der Waals surface area contributed by atoms with Gasteiger partial charge in [-0.15, -0.1) is 5.10 Å². The fraction of sp³-hybridized carbons (Fsp3) is 0.105. The summed E-state index contributed by atoms with van der Waals surface area (Å²) in [6.45, 7) is 1.72. The van der Waals surface area contributed by atoms with Crippen molar-refractivity contribution < 1.29 is 9.21 Å². The number of amides is 1. The first-order chi connectivity index (χ1) is 14.0. The van der Waals surface area contributed by atoms with Gasteiger partial charge in [-0.25, -0.2) is 9.67 Å². The van der Waals surface area contributed by atoms with Crippen LogP contribution in [0.25, 0.3) is 11.5 Å². The number of oxazole rings is 1. The standard InChI is InChI=1S/C19H15BrN6O2S/c1-11-16(22-18(28-11)12-6-4-3-5-7-12)17(27)21-14-10-13(20)8-9-15(14)29-19-23-24-25-26(19)2/h3-10H,1-2H3,(H,21,27). The summed E-state index contributed by atoms with van der Waals surface area (Å²) in [6, 6.07) is 15.0. The van der Waals surface area contributed by atoms with Crippen LogP contribution in [0.15, 0.2) is 67.5 Å². The number of aromatic nitrogens is 5. The van der Waals surface area contributed by atoms with Crippen molar-refractivity contribution in [1.29, 1.82) is 0 Å². The lowest BCUT2D eigenvalue weighted by Gasteiger charge is -2.10. The quantitative estimate of drug-likeness (QED) is 0.462. The van der Waals surface area contributed by atoms with Crippen LogP contribution in [0.2, 0.25) is 0 Å². The Balaban J connectivity index is 1.61. The molecule has 4 rings (SSSR count). The second kappa shape index (κ2) is 8.18. The molecule has 1 amide bonds. The maximum Gasteiger partial charge on any atom is 0.277 e. The van der Waals surface area contributed by atoms with Gasteiger partial charge in [-0.2, -0.15) is 0 Å². The van der Waals surface area contributed by atoms with Crippen LogP contribution < -0.4 is 5.32 Å². The molecule has 0 saturated heterocycles. The van der Waals surface area contributed by atoms with Gasteiger partial charge in [0, 0.05) is 22.0 Å². The van der Waals surface area contributed by atoms with E-state index in [0.29, 0.717) is 22.5 Å². The van der Waals surface area contributed by atoms with Gasteiger partial charge in [0.05, 0.1) is 5.69 Å². The molecule has 8 nitrogen and oxygen atoms in total. The average Bonchev–Trinajstić information content (AvgIpc) is 3.30. The van der Waals surface area contributed by atoms with Crippen LogP contribution >= 0.6 is 27.7 Å². The van der Waals surface area contributed by atoms with Gasteiger partial charge in [-0.1, -0.05) is 34.1 Å². The molecule has 0 aliphatic rings. The van der Waals surface area contributed by atoms with Crippen molar-refractivity contribution in [3.05, 3.63) is 64.5 Å². The lowest BCUT2D eigenvalue weighted by atomic mass is 10.2. The van der Waals surface area contributed by atoms with Crippen molar-refractivity contribution in [1.82, 2.24) is 25.2 Å². The zero-order valence-corrected chi connectivity index (χ0v) is 17.9. The fourth-order valence-electron chi connectivity index (χ4n) is 2.59. The van der Waals surface area contributed by atoms with Crippen molar-refractivity contribution >= 4 is 39.3 Å². The Morgan fingerprint density at radius 3 is 2.72 bits per heavy atom. The van der Waals surface area contributed by atoms with Gasteiger partial charge >= 0.3 is 0 Å². The molecule has 10 heteroatoms. The molecule has 0 unspecified atom stereocenters. The van der Waals surface area contributed by atoms with E-state index < -0.39 is 0 Å². The number of carbonyl (C=O) groups is 1. The second-order valence-electron chi connectivity index (χ2n) is 6.07. The maximum atomic E-state index is 12.9. The number of hydrogen-bond donors (Lipinski definition) is 1. The Kier molecular flexibility index (Phi) is 5.45. The van der Waals surface area contributed by atoms with Crippen molar-refractivity contribution in [2.75, 3.05) is 5.32 Å². The van der Waals surface area contributed by atoms with Crippen molar-refractivity contribution in [3.63, 3.8) is 0 Å². The number of rotatable bonds is 5. The van der Waals surface area contributed by atoms with Gasteiger partial charge < -0.3 is 9.73 Å². The second-order valence-corrected chi connectivity index (χ2v) is 8.00. The van der Waals surface area contributed by atoms with E-state index in [1.807, 2.05) is 48.5 Å². The number of nitrogens with one attached hydrogen (secondary N) is 1. The van der Waals surface area contributed by atoms with Crippen LogP contribution in [0, 0.1) is 6.92 Å². The van der Waals surface area contributed by atoms with Crippen LogP contribution in [-0.4, -0.2) is 31.1 Å². The fourth-order valence-corrected chi connectivity index (χ4v) is 3.75. The number of tetrazole rings is 1. The minimum absolute atomic E-state index is 0.236. The molecule has 0 bridgehead atoms. The number of carbonyl (C=O) groups excluding carboxylic acids is 1. The molecule has 2 heterocycles. The van der Waals surface area contributed by atoms with Crippen molar-refractivity contribution in [3.8, 4) is 11.5 Å². The molecule has 1 N–H and O–H groups in total. The largest absolute Gasteiger partial charge is 0.441 e. The zero-order valence-electron chi connectivity index (χ0n) is 15.5. The Bertz CT molecular complexity index is 1170. The first kappa shape index (κ1) is 19.3. The number of anilines is 1. The molecule has 0 spiro atoms. The SMILES string of the molecule is Cc1oc(-c2ccccc2)nc1C(=O)Nc1cc(Br)ccc1Sc1nnnn1C. The van der Waals surface area contributed by atoms with Crippen molar-refractivity contribution in [2.24, 2.45) is 7.05 Å². The lowest BCUT2D eigenvalue weighted by Crippen LogP contribution is -2.14.